The molecule has 0 unspecified atom stereocenters. The van der Waals surface area contributed by atoms with Crippen LogP contribution >= 0.6 is 22.6 Å². The third-order valence-corrected chi connectivity index (χ3v) is 4.45. The molecule has 3 nitrogen and oxygen atoms in total. The predicted octanol–water partition coefficient (Wildman–Crippen LogP) is 3.21. The SMILES string of the molecule is O=C1COc2ccc(I)cc2N1CC1CCCC1. The van der Waals surface area contributed by atoms with Crippen LogP contribution in [0.2, 0.25) is 0 Å². The van der Waals surface area contributed by atoms with Gasteiger partial charge in [0.1, 0.15) is 5.75 Å². The van der Waals surface area contributed by atoms with Gasteiger partial charge in [-0.1, -0.05) is 12.8 Å². The largest absolute Gasteiger partial charge is 0.482 e. The van der Waals surface area contributed by atoms with Crippen molar-refractivity contribution >= 4 is 34.2 Å². The van der Waals surface area contributed by atoms with E-state index in [0.717, 1.165) is 21.6 Å². The predicted molar refractivity (Wildman–Crippen MR) is 79.0 cm³/mol. The van der Waals surface area contributed by atoms with Crippen LogP contribution < -0.4 is 9.64 Å². The minimum Gasteiger partial charge on any atom is -0.482 e. The van der Waals surface area contributed by atoms with Crippen LogP contribution in [0.1, 0.15) is 25.7 Å². The van der Waals surface area contributed by atoms with Crippen LogP contribution in [0.3, 0.4) is 0 Å². The average Bonchev–Trinajstić information content (AvgIpc) is 2.86. The van der Waals surface area contributed by atoms with Gasteiger partial charge in [-0.2, -0.15) is 0 Å². The maximum atomic E-state index is 12.1. The van der Waals surface area contributed by atoms with Gasteiger partial charge in [-0.15, -0.1) is 0 Å². The molecule has 1 fully saturated rings. The number of hydrogen-bond donors (Lipinski definition) is 0. The molecule has 1 amide bonds. The summed E-state index contributed by atoms with van der Waals surface area (Å²) in [6, 6.07) is 6.02. The van der Waals surface area contributed by atoms with Crippen molar-refractivity contribution in [2.45, 2.75) is 25.7 Å². The highest BCUT2D eigenvalue weighted by Gasteiger charge is 2.28. The molecule has 0 radical (unpaired) electrons. The van der Waals surface area contributed by atoms with Crippen molar-refractivity contribution < 1.29 is 9.53 Å². The molecule has 0 bridgehead atoms. The number of fused-ring (bicyclic) bond motifs is 1. The van der Waals surface area contributed by atoms with Gasteiger partial charge in [0.2, 0.25) is 0 Å². The van der Waals surface area contributed by atoms with Crippen molar-refractivity contribution in [3.8, 4) is 5.75 Å². The number of ether oxygens (including phenoxy) is 1. The first-order valence-electron chi connectivity index (χ1n) is 6.47. The zero-order valence-corrected chi connectivity index (χ0v) is 12.4. The van der Waals surface area contributed by atoms with Crippen molar-refractivity contribution in [3.63, 3.8) is 0 Å². The maximum absolute atomic E-state index is 12.1. The Morgan fingerprint density at radius 3 is 2.89 bits per heavy atom. The van der Waals surface area contributed by atoms with E-state index in [2.05, 4.69) is 22.6 Å². The van der Waals surface area contributed by atoms with Crippen LogP contribution in [0, 0.1) is 9.49 Å². The van der Waals surface area contributed by atoms with Crippen LogP contribution in [0.25, 0.3) is 0 Å². The zero-order chi connectivity index (χ0) is 12.5. The molecular formula is C14H16INO2. The Morgan fingerprint density at radius 2 is 2.11 bits per heavy atom. The number of nitrogens with zero attached hydrogens (tertiary/aromatic N) is 1. The van der Waals surface area contributed by atoms with E-state index in [4.69, 9.17) is 4.74 Å². The first kappa shape index (κ1) is 12.3. The number of hydrogen-bond acceptors (Lipinski definition) is 2. The molecule has 2 aliphatic rings. The molecule has 1 aliphatic carbocycles. The van der Waals surface area contributed by atoms with Gasteiger partial charge < -0.3 is 9.64 Å². The Balaban J connectivity index is 1.88. The standard InChI is InChI=1S/C14H16INO2/c15-11-5-6-13-12(7-11)16(14(17)9-18-13)8-10-3-1-2-4-10/h5-7,10H,1-4,8-9H2. The Kier molecular flexibility index (Phi) is 3.46. The summed E-state index contributed by atoms with van der Waals surface area (Å²) in [5, 5.41) is 0. The smallest absolute Gasteiger partial charge is 0.265 e. The van der Waals surface area contributed by atoms with Crippen LogP contribution in [0.15, 0.2) is 18.2 Å². The Labute approximate surface area is 121 Å². The van der Waals surface area contributed by atoms with Gasteiger partial charge in [0.15, 0.2) is 6.61 Å². The fourth-order valence-corrected chi connectivity index (χ4v) is 3.30. The molecule has 0 atom stereocenters. The second kappa shape index (κ2) is 5.07. The lowest BCUT2D eigenvalue weighted by Gasteiger charge is -2.31. The highest BCUT2D eigenvalue weighted by atomic mass is 127. The molecule has 1 aromatic carbocycles. The van der Waals surface area contributed by atoms with E-state index in [9.17, 15) is 4.79 Å². The molecule has 18 heavy (non-hydrogen) atoms. The van der Waals surface area contributed by atoms with Crippen molar-refractivity contribution in [3.05, 3.63) is 21.8 Å². The Hall–Kier alpha value is -0.780. The number of carbonyl (C=O) groups excluding carboxylic acids is 1. The summed E-state index contributed by atoms with van der Waals surface area (Å²) in [4.78, 5) is 14.0. The van der Waals surface area contributed by atoms with Crippen molar-refractivity contribution in [2.75, 3.05) is 18.1 Å². The van der Waals surface area contributed by atoms with Gasteiger partial charge >= 0.3 is 0 Å². The zero-order valence-electron chi connectivity index (χ0n) is 10.2. The Bertz CT molecular complexity index is 469. The third kappa shape index (κ3) is 2.35. The molecule has 1 heterocycles. The molecule has 0 aromatic heterocycles. The fraction of sp³-hybridized carbons (Fsp3) is 0.500. The van der Waals surface area contributed by atoms with E-state index in [1.807, 2.05) is 23.1 Å². The van der Waals surface area contributed by atoms with Gasteiger partial charge in [-0.3, -0.25) is 4.79 Å². The van der Waals surface area contributed by atoms with Crippen molar-refractivity contribution in [1.82, 2.24) is 0 Å². The summed E-state index contributed by atoms with van der Waals surface area (Å²) in [5.41, 5.74) is 0.949. The summed E-state index contributed by atoms with van der Waals surface area (Å²) < 4.78 is 6.63. The molecule has 1 saturated carbocycles. The summed E-state index contributed by atoms with van der Waals surface area (Å²) in [6.07, 6.45) is 5.12. The topological polar surface area (TPSA) is 29.5 Å². The lowest BCUT2D eigenvalue weighted by molar-refractivity contribution is -0.121. The average molecular weight is 357 g/mol. The second-order valence-electron chi connectivity index (χ2n) is 5.06. The number of halogens is 1. The molecule has 1 aliphatic heterocycles. The number of amides is 1. The number of rotatable bonds is 2. The molecular weight excluding hydrogens is 341 g/mol. The molecule has 0 spiro atoms. The van der Waals surface area contributed by atoms with Crippen molar-refractivity contribution in [1.29, 1.82) is 0 Å². The number of carbonyl (C=O) groups is 1. The lowest BCUT2D eigenvalue weighted by atomic mass is 10.1. The van der Waals surface area contributed by atoms with E-state index in [1.165, 1.54) is 25.7 Å². The van der Waals surface area contributed by atoms with Gasteiger partial charge in [0.05, 0.1) is 5.69 Å². The second-order valence-corrected chi connectivity index (χ2v) is 6.30. The van der Waals surface area contributed by atoms with Crippen LogP contribution in [-0.2, 0) is 4.79 Å². The van der Waals surface area contributed by atoms with Crippen LogP contribution in [0.5, 0.6) is 5.75 Å². The molecule has 1 aromatic rings. The van der Waals surface area contributed by atoms with Crippen LogP contribution in [-0.4, -0.2) is 19.1 Å². The van der Waals surface area contributed by atoms with Gasteiger partial charge in [-0.05, 0) is 59.5 Å². The van der Waals surface area contributed by atoms with Crippen LogP contribution in [0.4, 0.5) is 5.69 Å². The van der Waals surface area contributed by atoms with E-state index in [1.54, 1.807) is 0 Å². The fourth-order valence-electron chi connectivity index (χ4n) is 2.83. The number of benzene rings is 1. The molecule has 0 N–H and O–H groups in total. The first-order chi connectivity index (χ1) is 8.74. The highest BCUT2D eigenvalue weighted by molar-refractivity contribution is 14.1. The third-order valence-electron chi connectivity index (χ3n) is 3.78. The lowest BCUT2D eigenvalue weighted by Crippen LogP contribution is -2.41. The first-order valence-corrected chi connectivity index (χ1v) is 7.54. The van der Waals surface area contributed by atoms with Gasteiger partial charge in [0.25, 0.3) is 5.91 Å². The summed E-state index contributed by atoms with van der Waals surface area (Å²) >= 11 is 2.27. The summed E-state index contributed by atoms with van der Waals surface area (Å²) in [7, 11) is 0. The van der Waals surface area contributed by atoms with E-state index >= 15 is 0 Å². The highest BCUT2D eigenvalue weighted by Crippen LogP contribution is 2.35. The van der Waals surface area contributed by atoms with E-state index in [-0.39, 0.29) is 12.5 Å². The van der Waals surface area contributed by atoms with Gasteiger partial charge in [0, 0.05) is 10.1 Å². The van der Waals surface area contributed by atoms with E-state index in [0.29, 0.717) is 5.92 Å². The monoisotopic (exact) mass is 357 g/mol. The maximum Gasteiger partial charge on any atom is 0.265 e. The summed E-state index contributed by atoms with van der Waals surface area (Å²) in [6.45, 7) is 1.04. The molecule has 0 saturated heterocycles. The van der Waals surface area contributed by atoms with E-state index < -0.39 is 0 Å². The summed E-state index contributed by atoms with van der Waals surface area (Å²) in [5.74, 6) is 1.60. The molecule has 4 heteroatoms. The molecule has 96 valence electrons. The van der Waals surface area contributed by atoms with Gasteiger partial charge in [-0.25, -0.2) is 0 Å². The minimum absolute atomic E-state index is 0.0939. The normalized spacial score (nSPS) is 19.8. The number of anilines is 1. The van der Waals surface area contributed by atoms with Crippen molar-refractivity contribution in [2.24, 2.45) is 5.92 Å². The Morgan fingerprint density at radius 1 is 1.33 bits per heavy atom. The molecule has 3 rings (SSSR count). The quantitative estimate of drug-likeness (QED) is 0.761. The minimum atomic E-state index is 0.0939.